The van der Waals surface area contributed by atoms with E-state index in [1.165, 1.54) is 0 Å². The summed E-state index contributed by atoms with van der Waals surface area (Å²) in [6.45, 7) is 1.08. The summed E-state index contributed by atoms with van der Waals surface area (Å²) in [5.74, 6) is -1.92. The first kappa shape index (κ1) is 12.8. The van der Waals surface area contributed by atoms with E-state index >= 15 is 0 Å². The summed E-state index contributed by atoms with van der Waals surface area (Å²) in [5.41, 5.74) is -4.50. The van der Waals surface area contributed by atoms with Gasteiger partial charge in [0.05, 0.1) is 5.56 Å². The minimum absolute atomic E-state index is 0.224. The van der Waals surface area contributed by atoms with E-state index in [0.717, 1.165) is 6.92 Å². The highest BCUT2D eigenvalue weighted by atomic mass is 19.4. The lowest BCUT2D eigenvalue weighted by molar-refractivity contribution is -0.163. The number of benzene rings is 1. The zero-order valence-corrected chi connectivity index (χ0v) is 7.80. The van der Waals surface area contributed by atoms with Crippen LogP contribution in [0.15, 0.2) is 12.1 Å². The van der Waals surface area contributed by atoms with Crippen molar-refractivity contribution >= 4 is 0 Å². The topological polar surface area (TPSA) is 0 Å². The van der Waals surface area contributed by atoms with Gasteiger partial charge in [-0.3, -0.25) is 0 Å². The Morgan fingerprint density at radius 1 is 0.875 bits per heavy atom. The predicted octanol–water partition coefficient (Wildman–Crippen LogP) is 4.17. The molecule has 0 bridgehead atoms. The average molecular weight is 246 g/mol. The van der Waals surface area contributed by atoms with Crippen molar-refractivity contribution in [1.29, 1.82) is 0 Å². The molecule has 0 N–H and O–H groups in total. The molecule has 0 atom stereocenters. The van der Waals surface area contributed by atoms with Crippen LogP contribution in [0.1, 0.15) is 16.7 Å². The molecule has 0 aliphatic rings. The number of hydrogen-bond acceptors (Lipinski definition) is 0. The van der Waals surface area contributed by atoms with Crippen LogP contribution in [0.4, 0.5) is 30.7 Å². The normalized spacial score (nSPS) is 13.0. The van der Waals surface area contributed by atoms with Gasteiger partial charge in [0.1, 0.15) is 11.4 Å². The first-order valence-corrected chi connectivity index (χ1v) is 3.98. The number of aryl methyl sites for hydroxylation is 1. The molecule has 1 aromatic carbocycles. The van der Waals surface area contributed by atoms with Gasteiger partial charge in [0, 0.05) is 0 Å². The van der Waals surface area contributed by atoms with E-state index in [1.54, 1.807) is 0 Å². The molecule has 0 radical (unpaired) electrons. The van der Waals surface area contributed by atoms with E-state index in [2.05, 4.69) is 0 Å². The second-order valence-electron chi connectivity index (χ2n) is 3.16. The molecule has 0 aromatic heterocycles. The fraction of sp³-hybridized carbons (Fsp3) is 0.333. The number of halogens is 7. The summed E-state index contributed by atoms with van der Waals surface area (Å²) < 4.78 is 86.4. The summed E-state index contributed by atoms with van der Waals surface area (Å²) in [4.78, 5) is 0. The molecule has 0 saturated carbocycles. The van der Waals surface area contributed by atoms with Crippen LogP contribution in [0.5, 0.6) is 0 Å². The highest BCUT2D eigenvalue weighted by Gasteiger charge is 2.45. The van der Waals surface area contributed by atoms with E-state index in [1.807, 2.05) is 0 Å². The van der Waals surface area contributed by atoms with Gasteiger partial charge in [-0.05, 0) is 24.6 Å². The molecule has 0 aliphatic carbocycles. The lowest BCUT2D eigenvalue weighted by atomic mass is 10.0. The Kier molecular flexibility index (Phi) is 2.91. The Bertz CT molecular complexity index is 400. The molecule has 0 spiro atoms. The molecule has 7 heteroatoms. The van der Waals surface area contributed by atoms with Crippen LogP contribution >= 0.6 is 0 Å². The number of rotatable bonds is 0. The van der Waals surface area contributed by atoms with Gasteiger partial charge < -0.3 is 0 Å². The molecule has 0 amide bonds. The van der Waals surface area contributed by atoms with Crippen molar-refractivity contribution in [1.82, 2.24) is 0 Å². The summed E-state index contributed by atoms with van der Waals surface area (Å²) in [7, 11) is 0. The maximum Gasteiger partial charge on any atom is 0.419 e. The smallest absolute Gasteiger partial charge is 0.206 e. The highest BCUT2D eigenvalue weighted by molar-refractivity contribution is 5.37. The minimum atomic E-state index is -5.37. The highest BCUT2D eigenvalue weighted by Crippen LogP contribution is 2.41. The van der Waals surface area contributed by atoms with Gasteiger partial charge in [-0.1, -0.05) is 0 Å². The molecule has 0 unspecified atom stereocenters. The zero-order chi connectivity index (χ0) is 12.7. The van der Waals surface area contributed by atoms with Gasteiger partial charge in [-0.2, -0.15) is 26.3 Å². The molecule has 0 fully saturated rings. The summed E-state index contributed by atoms with van der Waals surface area (Å²) in [5, 5.41) is 0. The van der Waals surface area contributed by atoms with Crippen molar-refractivity contribution < 1.29 is 30.7 Å². The predicted molar refractivity (Wildman–Crippen MR) is 41.1 cm³/mol. The van der Waals surface area contributed by atoms with Gasteiger partial charge in [-0.15, -0.1) is 0 Å². The maximum atomic E-state index is 12.9. The van der Waals surface area contributed by atoms with Crippen molar-refractivity contribution in [3.63, 3.8) is 0 Å². The van der Waals surface area contributed by atoms with Crippen LogP contribution in [0.2, 0.25) is 0 Å². The van der Waals surface area contributed by atoms with Crippen LogP contribution in [0.25, 0.3) is 0 Å². The fourth-order valence-electron chi connectivity index (χ4n) is 1.25. The molecule has 0 saturated heterocycles. The Morgan fingerprint density at radius 2 is 1.38 bits per heavy atom. The van der Waals surface area contributed by atoms with Crippen molar-refractivity contribution in [2.75, 3.05) is 0 Å². The Labute approximate surface area is 85.7 Å². The standard InChI is InChI=1S/C9H5F7/c1-4-2-5(8(11,12)13)7(6(10)3-4)9(14,15)16/h2-3H,1H3. The third-order valence-electron chi connectivity index (χ3n) is 1.82. The number of alkyl halides is 6. The first-order chi connectivity index (χ1) is 7.03. The second kappa shape index (κ2) is 3.64. The second-order valence-corrected chi connectivity index (χ2v) is 3.16. The molecule has 1 rings (SSSR count). The van der Waals surface area contributed by atoms with Gasteiger partial charge in [0.15, 0.2) is 0 Å². The Morgan fingerprint density at radius 3 is 1.75 bits per heavy atom. The summed E-state index contributed by atoms with van der Waals surface area (Å²) in [6, 6.07) is 0.684. The van der Waals surface area contributed by atoms with Crippen LogP contribution < -0.4 is 0 Å². The lowest BCUT2D eigenvalue weighted by Crippen LogP contribution is -2.18. The van der Waals surface area contributed by atoms with Gasteiger partial charge in [-0.25, -0.2) is 4.39 Å². The molecule has 0 nitrogen and oxygen atoms in total. The molecule has 0 aliphatic heterocycles. The van der Waals surface area contributed by atoms with Crippen LogP contribution in [-0.2, 0) is 12.4 Å². The van der Waals surface area contributed by atoms with Crippen molar-refractivity contribution in [3.05, 3.63) is 34.6 Å². The van der Waals surface area contributed by atoms with Crippen LogP contribution in [0.3, 0.4) is 0 Å². The summed E-state index contributed by atoms with van der Waals surface area (Å²) in [6.07, 6.45) is -10.6. The van der Waals surface area contributed by atoms with Crippen LogP contribution in [0, 0.1) is 12.7 Å². The van der Waals surface area contributed by atoms with Gasteiger partial charge >= 0.3 is 12.4 Å². The van der Waals surface area contributed by atoms with E-state index in [9.17, 15) is 30.7 Å². The van der Waals surface area contributed by atoms with Crippen LogP contribution in [-0.4, -0.2) is 0 Å². The van der Waals surface area contributed by atoms with E-state index in [0.29, 0.717) is 6.07 Å². The Balaban J connectivity index is 3.58. The third-order valence-corrected chi connectivity index (χ3v) is 1.82. The van der Waals surface area contributed by atoms with Crippen molar-refractivity contribution in [2.45, 2.75) is 19.3 Å². The monoisotopic (exact) mass is 246 g/mol. The SMILES string of the molecule is Cc1cc(F)c(C(F)(F)F)c(C(F)(F)F)c1. The molecule has 16 heavy (non-hydrogen) atoms. The molecule has 1 aromatic rings. The number of hydrogen-bond donors (Lipinski definition) is 0. The first-order valence-electron chi connectivity index (χ1n) is 3.98. The van der Waals surface area contributed by atoms with Crippen molar-refractivity contribution in [3.8, 4) is 0 Å². The molecular weight excluding hydrogens is 241 g/mol. The van der Waals surface area contributed by atoms with E-state index in [-0.39, 0.29) is 11.6 Å². The third kappa shape index (κ3) is 2.45. The van der Waals surface area contributed by atoms with Gasteiger partial charge in [0.25, 0.3) is 0 Å². The zero-order valence-electron chi connectivity index (χ0n) is 7.80. The Hall–Kier alpha value is -1.27. The quantitative estimate of drug-likeness (QED) is 0.602. The maximum absolute atomic E-state index is 12.9. The van der Waals surface area contributed by atoms with Crippen molar-refractivity contribution in [2.24, 2.45) is 0 Å². The average Bonchev–Trinajstić information content (AvgIpc) is 1.97. The fourth-order valence-corrected chi connectivity index (χ4v) is 1.25. The lowest BCUT2D eigenvalue weighted by Gasteiger charge is -2.16. The van der Waals surface area contributed by atoms with E-state index in [4.69, 9.17) is 0 Å². The molecule has 90 valence electrons. The minimum Gasteiger partial charge on any atom is -0.206 e. The largest absolute Gasteiger partial charge is 0.419 e. The van der Waals surface area contributed by atoms with Gasteiger partial charge in [0.2, 0.25) is 0 Å². The molecule has 0 heterocycles. The van der Waals surface area contributed by atoms with E-state index < -0.39 is 29.3 Å². The summed E-state index contributed by atoms with van der Waals surface area (Å²) >= 11 is 0. The molecular formula is C9H5F7.